The van der Waals surface area contributed by atoms with Crippen molar-refractivity contribution in [3.8, 4) is 11.1 Å². The van der Waals surface area contributed by atoms with E-state index in [1.54, 1.807) is 30.3 Å². The van der Waals surface area contributed by atoms with E-state index in [4.69, 9.17) is 5.11 Å². The summed E-state index contributed by atoms with van der Waals surface area (Å²) in [6.45, 7) is 0.653. The van der Waals surface area contributed by atoms with Crippen LogP contribution in [-0.4, -0.2) is 26.5 Å². The molecule has 0 saturated heterocycles. The third-order valence-corrected chi connectivity index (χ3v) is 7.00. The van der Waals surface area contributed by atoms with Gasteiger partial charge in [0.1, 0.15) is 11.6 Å². The fourth-order valence-corrected chi connectivity index (χ4v) is 4.94. The Morgan fingerprint density at radius 1 is 0.780 bits per heavy atom. The first-order valence-corrected chi connectivity index (χ1v) is 12.9. The quantitative estimate of drug-likeness (QED) is 0.230. The van der Waals surface area contributed by atoms with Crippen molar-refractivity contribution in [1.29, 1.82) is 0 Å². The number of amides is 1. The van der Waals surface area contributed by atoms with Crippen molar-refractivity contribution in [3.05, 3.63) is 137 Å². The van der Waals surface area contributed by atoms with Gasteiger partial charge in [-0.15, -0.1) is 0 Å². The van der Waals surface area contributed by atoms with Crippen LogP contribution in [0, 0.1) is 11.6 Å². The van der Waals surface area contributed by atoms with Crippen LogP contribution in [-0.2, 0) is 13.1 Å². The number of rotatable bonds is 7. The highest BCUT2D eigenvalue weighted by Gasteiger charge is 2.17. The van der Waals surface area contributed by atoms with Crippen molar-refractivity contribution in [2.45, 2.75) is 13.1 Å². The van der Waals surface area contributed by atoms with Crippen LogP contribution in [0.25, 0.3) is 32.9 Å². The lowest BCUT2D eigenvalue weighted by Crippen LogP contribution is -2.23. The van der Waals surface area contributed by atoms with Crippen LogP contribution in [0.3, 0.4) is 0 Å². The Kier molecular flexibility index (Phi) is 6.73. The molecule has 2 N–H and O–H groups in total. The first kappa shape index (κ1) is 25.9. The number of benzene rings is 4. The molecule has 0 saturated carbocycles. The topological polar surface area (TPSA) is 84.2 Å². The number of carbonyl (C=O) groups is 2. The maximum atomic E-state index is 13.6. The predicted molar refractivity (Wildman–Crippen MR) is 153 cm³/mol. The molecule has 2 heterocycles. The second-order valence-electron chi connectivity index (χ2n) is 9.78. The fourth-order valence-electron chi connectivity index (χ4n) is 4.94. The molecular weight excluding hydrogens is 524 g/mol. The lowest BCUT2D eigenvalue weighted by atomic mass is 9.99. The molecule has 6 nitrogen and oxygen atoms in total. The third kappa shape index (κ3) is 5.40. The van der Waals surface area contributed by atoms with E-state index in [9.17, 15) is 18.4 Å². The minimum atomic E-state index is -1.02. The van der Waals surface area contributed by atoms with Gasteiger partial charge in [-0.1, -0.05) is 36.4 Å². The van der Waals surface area contributed by atoms with Crippen LogP contribution in [0.1, 0.15) is 31.8 Å². The van der Waals surface area contributed by atoms with Crippen molar-refractivity contribution in [2.24, 2.45) is 0 Å². The average molecular weight is 548 g/mol. The lowest BCUT2D eigenvalue weighted by molar-refractivity contribution is 0.0696. The Hall–Kier alpha value is -5.37. The van der Waals surface area contributed by atoms with E-state index in [0.29, 0.717) is 23.0 Å². The summed E-state index contributed by atoms with van der Waals surface area (Å²) in [5.74, 6) is -2.07. The highest BCUT2D eigenvalue weighted by atomic mass is 19.1. The van der Waals surface area contributed by atoms with Crippen molar-refractivity contribution in [3.63, 3.8) is 0 Å². The third-order valence-electron chi connectivity index (χ3n) is 7.00. The van der Waals surface area contributed by atoms with E-state index in [2.05, 4.69) is 10.3 Å². The first-order chi connectivity index (χ1) is 19.8. The monoisotopic (exact) mass is 547 g/mol. The van der Waals surface area contributed by atoms with Crippen molar-refractivity contribution >= 4 is 33.7 Å². The smallest absolute Gasteiger partial charge is 0.335 e. The van der Waals surface area contributed by atoms with Gasteiger partial charge >= 0.3 is 5.97 Å². The van der Waals surface area contributed by atoms with Crippen LogP contribution >= 0.6 is 0 Å². The molecule has 2 aromatic heterocycles. The summed E-state index contributed by atoms with van der Waals surface area (Å²) in [5.41, 5.74) is 5.23. The zero-order valence-corrected chi connectivity index (χ0v) is 21.6. The Bertz CT molecular complexity index is 1930. The summed E-state index contributed by atoms with van der Waals surface area (Å²) >= 11 is 0. The number of nitrogens with zero attached hydrogens (tertiary/aromatic N) is 2. The van der Waals surface area contributed by atoms with Gasteiger partial charge in [-0.2, -0.15) is 0 Å². The number of pyridine rings is 1. The van der Waals surface area contributed by atoms with E-state index in [1.165, 1.54) is 36.5 Å². The first-order valence-electron chi connectivity index (χ1n) is 12.9. The highest BCUT2D eigenvalue weighted by Crippen LogP contribution is 2.30. The van der Waals surface area contributed by atoms with E-state index in [1.807, 2.05) is 41.1 Å². The molecule has 0 aliphatic heterocycles. The van der Waals surface area contributed by atoms with Gasteiger partial charge in [0.05, 0.1) is 28.4 Å². The SMILES string of the molecule is O=C(O)c1ccc(CNC(=O)c2cc(-c3ccc(F)cc3)cc3ccn(Cc4ccc5cc(F)cnc5c4)c23)cc1. The van der Waals surface area contributed by atoms with Crippen LogP contribution in [0.4, 0.5) is 8.78 Å². The molecule has 41 heavy (non-hydrogen) atoms. The Balaban J connectivity index is 1.37. The molecule has 1 amide bonds. The zero-order valence-electron chi connectivity index (χ0n) is 21.6. The summed E-state index contributed by atoms with van der Waals surface area (Å²) in [6, 6.07) is 25.2. The molecule has 0 aliphatic rings. The molecule has 0 bridgehead atoms. The van der Waals surface area contributed by atoms with E-state index in [-0.39, 0.29) is 23.8 Å². The number of carbonyl (C=O) groups excluding carboxylic acids is 1. The van der Waals surface area contributed by atoms with Crippen molar-refractivity contribution in [1.82, 2.24) is 14.9 Å². The fraction of sp³-hybridized carbons (Fsp3) is 0.0606. The highest BCUT2D eigenvalue weighted by molar-refractivity contribution is 6.08. The molecule has 202 valence electrons. The van der Waals surface area contributed by atoms with E-state index >= 15 is 0 Å². The van der Waals surface area contributed by atoms with Crippen LogP contribution in [0.5, 0.6) is 0 Å². The number of nitrogens with one attached hydrogen (secondary N) is 1. The molecule has 0 fully saturated rings. The van der Waals surface area contributed by atoms with Crippen LogP contribution in [0.2, 0.25) is 0 Å². The molecular formula is C33H23F2N3O3. The number of hydrogen-bond acceptors (Lipinski definition) is 3. The summed E-state index contributed by atoms with van der Waals surface area (Å²) in [5, 5.41) is 13.6. The number of carboxylic acids is 1. The van der Waals surface area contributed by atoms with Crippen molar-refractivity contribution < 1.29 is 23.5 Å². The van der Waals surface area contributed by atoms with Crippen LogP contribution in [0.15, 0.2) is 103 Å². The number of halogens is 2. The van der Waals surface area contributed by atoms with Gasteiger partial charge in [-0.05, 0) is 76.9 Å². The predicted octanol–water partition coefficient (Wildman–Crippen LogP) is 6.81. The minimum absolute atomic E-state index is 0.167. The molecule has 6 aromatic rings. The van der Waals surface area contributed by atoms with Gasteiger partial charge in [-0.3, -0.25) is 9.78 Å². The molecule has 8 heteroatoms. The van der Waals surface area contributed by atoms with E-state index in [0.717, 1.165) is 33.2 Å². The zero-order chi connectivity index (χ0) is 28.5. The summed E-state index contributed by atoms with van der Waals surface area (Å²) in [7, 11) is 0. The number of fused-ring (bicyclic) bond motifs is 2. The molecule has 6 rings (SSSR count). The van der Waals surface area contributed by atoms with Gasteiger partial charge in [-0.25, -0.2) is 13.6 Å². The van der Waals surface area contributed by atoms with Gasteiger partial charge in [0.25, 0.3) is 5.91 Å². The van der Waals surface area contributed by atoms with Gasteiger partial charge in [0.2, 0.25) is 0 Å². The van der Waals surface area contributed by atoms with E-state index < -0.39 is 11.8 Å². The van der Waals surface area contributed by atoms with Crippen LogP contribution < -0.4 is 5.32 Å². The molecule has 0 radical (unpaired) electrons. The molecule has 4 aromatic carbocycles. The Labute approximate surface area is 233 Å². The summed E-state index contributed by atoms with van der Waals surface area (Å²) in [6.07, 6.45) is 3.09. The number of aromatic nitrogens is 2. The number of hydrogen-bond donors (Lipinski definition) is 2. The Morgan fingerprint density at radius 2 is 1.54 bits per heavy atom. The average Bonchev–Trinajstić information content (AvgIpc) is 3.38. The summed E-state index contributed by atoms with van der Waals surface area (Å²) < 4.78 is 29.2. The molecule has 0 aliphatic carbocycles. The second kappa shape index (κ2) is 10.7. The molecule has 0 spiro atoms. The maximum Gasteiger partial charge on any atom is 0.335 e. The van der Waals surface area contributed by atoms with Gasteiger partial charge < -0.3 is 15.0 Å². The molecule has 0 atom stereocenters. The number of aromatic carboxylic acids is 1. The van der Waals surface area contributed by atoms with Gasteiger partial charge in [0.15, 0.2) is 0 Å². The maximum absolute atomic E-state index is 13.6. The number of carboxylic acid groups (broad SMARTS) is 1. The normalized spacial score (nSPS) is 11.2. The Morgan fingerprint density at radius 3 is 2.29 bits per heavy atom. The standard InChI is InChI=1S/C33H23F2N3O3/c34-27-9-7-22(8-10-27)26-14-25-11-12-38(19-21-3-6-24-15-28(35)18-36-30(24)13-21)31(25)29(16-26)32(39)37-17-20-1-4-23(5-2-20)33(40)41/h1-16,18H,17,19H2,(H,37,39)(H,40,41). The van der Waals surface area contributed by atoms with Crippen molar-refractivity contribution in [2.75, 3.05) is 0 Å². The largest absolute Gasteiger partial charge is 0.478 e. The summed E-state index contributed by atoms with van der Waals surface area (Å²) in [4.78, 5) is 29.0. The molecule has 0 unspecified atom stereocenters. The van der Waals surface area contributed by atoms with Gasteiger partial charge in [0, 0.05) is 30.1 Å². The second-order valence-corrected chi connectivity index (χ2v) is 9.78. The minimum Gasteiger partial charge on any atom is -0.478 e. The lowest BCUT2D eigenvalue weighted by Gasteiger charge is -2.14.